The number of nitrogens with one attached hydrogen (secondary N) is 1. The normalized spacial score (nSPS) is 14.8. The van der Waals surface area contributed by atoms with E-state index in [0.29, 0.717) is 15.8 Å². The maximum Gasteiger partial charge on any atom is 0.258 e. The Kier molecular flexibility index (Phi) is 3.89. The van der Waals surface area contributed by atoms with Crippen LogP contribution in [0.2, 0.25) is 5.02 Å². The highest BCUT2D eigenvalue weighted by atomic mass is 79.9. The zero-order chi connectivity index (χ0) is 11.5. The molecule has 1 amide bonds. The first-order valence-electron chi connectivity index (χ1n) is 4.60. The summed E-state index contributed by atoms with van der Waals surface area (Å²) in [7, 11) is 0. The largest absolute Gasteiger partial charge is 0.301 e. The van der Waals surface area contributed by atoms with E-state index < -0.39 is 0 Å². The van der Waals surface area contributed by atoms with Crippen molar-refractivity contribution >= 4 is 50.4 Å². The molecule has 6 heteroatoms. The molecule has 0 aliphatic carbocycles. The topological polar surface area (TPSA) is 41.5 Å². The minimum absolute atomic E-state index is 0.192. The van der Waals surface area contributed by atoms with Gasteiger partial charge in [-0.2, -0.15) is 0 Å². The molecule has 2 rings (SSSR count). The van der Waals surface area contributed by atoms with Crippen molar-refractivity contribution in [2.24, 2.45) is 4.99 Å². The third-order valence-electron chi connectivity index (χ3n) is 1.98. The van der Waals surface area contributed by atoms with Gasteiger partial charge in [-0.25, -0.2) is 0 Å². The minimum Gasteiger partial charge on any atom is -0.301 e. The van der Waals surface area contributed by atoms with Crippen LogP contribution in [-0.4, -0.2) is 23.4 Å². The number of benzene rings is 1. The molecule has 1 heterocycles. The average molecular weight is 320 g/mol. The Morgan fingerprint density at radius 3 is 3.06 bits per heavy atom. The van der Waals surface area contributed by atoms with E-state index in [0.717, 1.165) is 16.8 Å². The Morgan fingerprint density at radius 1 is 1.56 bits per heavy atom. The predicted molar refractivity (Wildman–Crippen MR) is 71.4 cm³/mol. The van der Waals surface area contributed by atoms with Crippen molar-refractivity contribution in [1.29, 1.82) is 0 Å². The van der Waals surface area contributed by atoms with Crippen LogP contribution in [0.1, 0.15) is 10.4 Å². The summed E-state index contributed by atoms with van der Waals surface area (Å²) in [4.78, 5) is 16.0. The molecule has 16 heavy (non-hydrogen) atoms. The monoisotopic (exact) mass is 318 g/mol. The first-order chi connectivity index (χ1) is 7.66. The highest BCUT2D eigenvalue weighted by Gasteiger charge is 2.15. The third-order valence-corrected chi connectivity index (χ3v) is 3.80. The lowest BCUT2D eigenvalue weighted by Crippen LogP contribution is -2.27. The van der Waals surface area contributed by atoms with Crippen molar-refractivity contribution in [3.8, 4) is 0 Å². The fraction of sp³-hybridized carbons (Fsp3) is 0.200. The zero-order valence-electron chi connectivity index (χ0n) is 8.17. The Balaban J connectivity index is 2.16. The lowest BCUT2D eigenvalue weighted by Gasteiger charge is -2.06. The van der Waals surface area contributed by atoms with Crippen LogP contribution in [0, 0.1) is 0 Å². The Labute approximate surface area is 111 Å². The van der Waals surface area contributed by atoms with Crippen LogP contribution >= 0.6 is 39.3 Å². The van der Waals surface area contributed by atoms with Crippen molar-refractivity contribution in [1.82, 2.24) is 5.32 Å². The number of aliphatic imine (C=N–C) groups is 1. The number of rotatable bonds is 1. The van der Waals surface area contributed by atoms with Gasteiger partial charge in [-0.3, -0.25) is 9.79 Å². The number of carbonyl (C=O) groups is 1. The maximum absolute atomic E-state index is 11.9. The maximum atomic E-state index is 11.9. The van der Waals surface area contributed by atoms with Gasteiger partial charge in [0.25, 0.3) is 5.91 Å². The average Bonchev–Trinajstić information content (AvgIpc) is 2.74. The quantitative estimate of drug-likeness (QED) is 0.864. The zero-order valence-corrected chi connectivity index (χ0v) is 11.3. The SMILES string of the molecule is O=C(NC1=NCCS1)c1cc(Cl)ccc1Br. The smallest absolute Gasteiger partial charge is 0.258 e. The van der Waals surface area contributed by atoms with Gasteiger partial charge in [0.05, 0.1) is 12.1 Å². The molecule has 0 saturated heterocycles. The van der Waals surface area contributed by atoms with Gasteiger partial charge in [0, 0.05) is 15.2 Å². The van der Waals surface area contributed by atoms with E-state index in [4.69, 9.17) is 11.6 Å². The number of hydrogen-bond acceptors (Lipinski definition) is 3. The van der Waals surface area contributed by atoms with Crippen LogP contribution in [-0.2, 0) is 0 Å². The van der Waals surface area contributed by atoms with E-state index in [1.54, 1.807) is 30.0 Å². The van der Waals surface area contributed by atoms with Gasteiger partial charge in [-0.15, -0.1) is 0 Å². The number of halogens is 2. The predicted octanol–water partition coefficient (Wildman–Crippen LogP) is 2.94. The van der Waals surface area contributed by atoms with E-state index >= 15 is 0 Å². The number of hydrogen-bond donors (Lipinski definition) is 1. The second-order valence-corrected chi connectivity index (χ2v) is 5.49. The number of amidine groups is 1. The van der Waals surface area contributed by atoms with Gasteiger partial charge >= 0.3 is 0 Å². The van der Waals surface area contributed by atoms with Gasteiger partial charge in [0.2, 0.25) is 0 Å². The van der Waals surface area contributed by atoms with Crippen molar-refractivity contribution in [3.63, 3.8) is 0 Å². The number of thioether (sulfide) groups is 1. The van der Waals surface area contributed by atoms with Gasteiger partial charge in [-0.1, -0.05) is 23.4 Å². The van der Waals surface area contributed by atoms with Crippen LogP contribution in [0.3, 0.4) is 0 Å². The summed E-state index contributed by atoms with van der Waals surface area (Å²) >= 11 is 10.7. The molecule has 0 radical (unpaired) electrons. The molecule has 1 aromatic rings. The molecule has 0 bridgehead atoms. The van der Waals surface area contributed by atoms with Crippen LogP contribution in [0.15, 0.2) is 27.7 Å². The third kappa shape index (κ3) is 2.78. The van der Waals surface area contributed by atoms with Crippen LogP contribution in [0.5, 0.6) is 0 Å². The van der Waals surface area contributed by atoms with E-state index in [2.05, 4.69) is 26.2 Å². The number of amides is 1. The minimum atomic E-state index is -0.192. The first-order valence-corrected chi connectivity index (χ1v) is 6.76. The standard InChI is InChI=1S/C10H8BrClN2OS/c11-8-2-1-6(12)5-7(8)9(15)14-10-13-3-4-16-10/h1-2,5H,3-4H2,(H,13,14,15). The molecule has 1 aliphatic heterocycles. The molecular formula is C10H8BrClN2OS. The summed E-state index contributed by atoms with van der Waals surface area (Å²) in [6, 6.07) is 5.10. The van der Waals surface area contributed by atoms with E-state index in [-0.39, 0.29) is 5.91 Å². The molecule has 0 saturated carbocycles. The molecule has 0 unspecified atom stereocenters. The molecule has 1 aliphatic rings. The van der Waals surface area contributed by atoms with Crippen LogP contribution in [0.25, 0.3) is 0 Å². The fourth-order valence-electron chi connectivity index (χ4n) is 1.25. The van der Waals surface area contributed by atoms with Crippen LogP contribution < -0.4 is 5.32 Å². The van der Waals surface area contributed by atoms with Crippen molar-refractivity contribution in [2.75, 3.05) is 12.3 Å². The second-order valence-electron chi connectivity index (χ2n) is 3.11. The van der Waals surface area contributed by atoms with Crippen molar-refractivity contribution in [3.05, 3.63) is 33.3 Å². The molecular weight excluding hydrogens is 312 g/mol. The van der Waals surface area contributed by atoms with Gasteiger partial charge < -0.3 is 5.32 Å². The van der Waals surface area contributed by atoms with E-state index in [1.807, 2.05) is 0 Å². The number of nitrogens with zero attached hydrogens (tertiary/aromatic N) is 1. The fourth-order valence-corrected chi connectivity index (χ4v) is 2.57. The first kappa shape index (κ1) is 12.0. The Morgan fingerprint density at radius 2 is 2.38 bits per heavy atom. The highest BCUT2D eigenvalue weighted by molar-refractivity contribution is 9.10. The van der Waals surface area contributed by atoms with E-state index in [9.17, 15) is 4.79 Å². The molecule has 1 N–H and O–H groups in total. The lowest BCUT2D eigenvalue weighted by molar-refractivity contribution is 0.0977. The molecule has 0 atom stereocenters. The van der Waals surface area contributed by atoms with Gasteiger partial charge in [0.1, 0.15) is 0 Å². The Hall–Kier alpha value is -0.520. The summed E-state index contributed by atoms with van der Waals surface area (Å²) in [6.07, 6.45) is 0. The van der Waals surface area contributed by atoms with Crippen molar-refractivity contribution in [2.45, 2.75) is 0 Å². The summed E-state index contributed by atoms with van der Waals surface area (Å²) in [5, 5.41) is 3.96. The van der Waals surface area contributed by atoms with E-state index in [1.165, 1.54) is 0 Å². The lowest BCUT2D eigenvalue weighted by atomic mass is 10.2. The summed E-state index contributed by atoms with van der Waals surface area (Å²) in [5.41, 5.74) is 0.516. The molecule has 1 aromatic carbocycles. The summed E-state index contributed by atoms with van der Waals surface area (Å²) < 4.78 is 0.720. The summed E-state index contributed by atoms with van der Waals surface area (Å²) in [5.74, 6) is 0.731. The van der Waals surface area contributed by atoms with Gasteiger partial charge in [-0.05, 0) is 34.1 Å². The molecule has 0 spiro atoms. The molecule has 84 valence electrons. The van der Waals surface area contributed by atoms with Gasteiger partial charge in [0.15, 0.2) is 5.17 Å². The van der Waals surface area contributed by atoms with Crippen LogP contribution in [0.4, 0.5) is 0 Å². The number of carbonyl (C=O) groups excluding carboxylic acids is 1. The molecule has 0 aromatic heterocycles. The molecule has 0 fully saturated rings. The van der Waals surface area contributed by atoms with Crippen molar-refractivity contribution < 1.29 is 4.79 Å². The summed E-state index contributed by atoms with van der Waals surface area (Å²) in [6.45, 7) is 0.761. The molecule has 3 nitrogen and oxygen atoms in total. The Bertz CT molecular complexity index is 464. The highest BCUT2D eigenvalue weighted by Crippen LogP contribution is 2.21. The second kappa shape index (κ2) is 5.21.